The lowest BCUT2D eigenvalue weighted by molar-refractivity contribution is 0.550. The second-order valence-corrected chi connectivity index (χ2v) is 3.86. The van der Waals surface area contributed by atoms with Gasteiger partial charge in [0.1, 0.15) is 0 Å². The van der Waals surface area contributed by atoms with Crippen molar-refractivity contribution in [2.45, 2.75) is 31.7 Å². The highest BCUT2D eigenvalue weighted by molar-refractivity contribution is 5.15. The smallest absolute Gasteiger partial charge is 0.0107 e. The molecule has 2 saturated carbocycles. The van der Waals surface area contributed by atoms with Gasteiger partial charge in [-0.2, -0.15) is 0 Å². The van der Waals surface area contributed by atoms with E-state index in [2.05, 4.69) is 6.58 Å². The fourth-order valence-electron chi connectivity index (χ4n) is 2.08. The van der Waals surface area contributed by atoms with Crippen molar-refractivity contribution in [1.29, 1.82) is 0 Å². The van der Waals surface area contributed by atoms with Gasteiger partial charge in [0.15, 0.2) is 0 Å². The van der Waals surface area contributed by atoms with Crippen molar-refractivity contribution < 1.29 is 0 Å². The Hall–Kier alpha value is -0.300. The van der Waals surface area contributed by atoms with Gasteiger partial charge in [-0.05, 0) is 37.0 Å². The summed E-state index contributed by atoms with van der Waals surface area (Å²) in [6.45, 7) is 3.70. The van der Waals surface area contributed by atoms with Crippen LogP contribution >= 0.6 is 0 Å². The maximum Gasteiger partial charge on any atom is 0.0107 e. The third kappa shape index (κ3) is 0.807. The van der Waals surface area contributed by atoms with Crippen LogP contribution in [-0.4, -0.2) is 6.04 Å². The summed E-state index contributed by atoms with van der Waals surface area (Å²) in [7, 11) is 0. The molecule has 2 aliphatic carbocycles. The molecule has 56 valence electrons. The van der Waals surface area contributed by atoms with Crippen molar-refractivity contribution in [3.05, 3.63) is 12.7 Å². The predicted octanol–water partition coefficient (Wildman–Crippen LogP) is 1.69. The summed E-state index contributed by atoms with van der Waals surface area (Å²) >= 11 is 0. The molecule has 2 unspecified atom stereocenters. The molecule has 0 aromatic carbocycles. The van der Waals surface area contributed by atoms with E-state index >= 15 is 0 Å². The molecule has 1 heteroatoms. The lowest BCUT2D eigenvalue weighted by Crippen LogP contribution is -2.22. The Morgan fingerprint density at radius 3 is 2.80 bits per heavy atom. The zero-order valence-electron chi connectivity index (χ0n) is 6.34. The molecular weight excluding hydrogens is 122 g/mol. The zero-order valence-corrected chi connectivity index (χ0v) is 6.34. The molecule has 1 nitrogen and oxygen atoms in total. The standard InChI is InChI=1S/C9H15N/c1-2-3-8(10)7-6-9(7)4-5-9/h2,7-8H,1,3-6,10H2. The van der Waals surface area contributed by atoms with Gasteiger partial charge in [-0.3, -0.25) is 0 Å². The summed E-state index contributed by atoms with van der Waals surface area (Å²) in [6, 6.07) is 0.417. The van der Waals surface area contributed by atoms with E-state index in [1.54, 1.807) is 0 Å². The highest BCUT2D eigenvalue weighted by Crippen LogP contribution is 2.71. The summed E-state index contributed by atoms with van der Waals surface area (Å²) < 4.78 is 0. The first kappa shape index (κ1) is 6.41. The maximum absolute atomic E-state index is 5.93. The van der Waals surface area contributed by atoms with Crippen molar-refractivity contribution in [3.63, 3.8) is 0 Å². The molecule has 0 amide bonds. The molecule has 0 bridgehead atoms. The van der Waals surface area contributed by atoms with Gasteiger partial charge in [-0.25, -0.2) is 0 Å². The highest BCUT2D eigenvalue weighted by Gasteiger charge is 2.63. The topological polar surface area (TPSA) is 26.0 Å². The van der Waals surface area contributed by atoms with E-state index in [9.17, 15) is 0 Å². The Balaban J connectivity index is 1.84. The minimum Gasteiger partial charge on any atom is -0.327 e. The van der Waals surface area contributed by atoms with Gasteiger partial charge in [-0.15, -0.1) is 6.58 Å². The molecule has 2 N–H and O–H groups in total. The van der Waals surface area contributed by atoms with Crippen LogP contribution < -0.4 is 5.73 Å². The molecular formula is C9H15N. The summed E-state index contributed by atoms with van der Waals surface area (Å²) in [5.74, 6) is 0.852. The Kier molecular flexibility index (Phi) is 1.19. The van der Waals surface area contributed by atoms with Crippen molar-refractivity contribution in [2.75, 3.05) is 0 Å². The molecule has 0 aromatic rings. The first-order valence-electron chi connectivity index (χ1n) is 4.15. The lowest BCUT2D eigenvalue weighted by Gasteiger charge is -2.06. The van der Waals surface area contributed by atoms with Crippen molar-refractivity contribution in [1.82, 2.24) is 0 Å². The molecule has 0 saturated heterocycles. The van der Waals surface area contributed by atoms with Gasteiger partial charge in [0, 0.05) is 6.04 Å². The molecule has 0 aromatic heterocycles. The molecule has 0 aliphatic heterocycles. The van der Waals surface area contributed by atoms with E-state index in [0.29, 0.717) is 6.04 Å². The van der Waals surface area contributed by atoms with Crippen molar-refractivity contribution >= 4 is 0 Å². The van der Waals surface area contributed by atoms with Crippen LogP contribution in [-0.2, 0) is 0 Å². The molecule has 2 rings (SSSR count). The Labute approximate surface area is 62.3 Å². The van der Waals surface area contributed by atoms with Crippen LogP contribution in [0.25, 0.3) is 0 Å². The molecule has 2 fully saturated rings. The normalized spacial score (nSPS) is 35.5. The molecule has 1 spiro atoms. The zero-order chi connectivity index (χ0) is 7.19. The van der Waals surface area contributed by atoms with E-state index in [-0.39, 0.29) is 0 Å². The Bertz CT molecular complexity index is 158. The second kappa shape index (κ2) is 1.85. The molecule has 2 aliphatic rings. The van der Waals surface area contributed by atoms with E-state index < -0.39 is 0 Å². The van der Waals surface area contributed by atoms with Crippen LogP contribution in [0.1, 0.15) is 25.7 Å². The maximum atomic E-state index is 5.93. The van der Waals surface area contributed by atoms with Crippen LogP contribution in [0.4, 0.5) is 0 Å². The summed E-state index contributed by atoms with van der Waals surface area (Å²) in [4.78, 5) is 0. The summed E-state index contributed by atoms with van der Waals surface area (Å²) in [5, 5.41) is 0. The molecule has 0 radical (unpaired) electrons. The average molecular weight is 137 g/mol. The summed E-state index contributed by atoms with van der Waals surface area (Å²) in [5.41, 5.74) is 6.70. The van der Waals surface area contributed by atoms with E-state index in [1.807, 2.05) is 6.08 Å². The minimum atomic E-state index is 0.417. The van der Waals surface area contributed by atoms with Gasteiger partial charge in [0.25, 0.3) is 0 Å². The molecule has 0 heterocycles. The van der Waals surface area contributed by atoms with Gasteiger partial charge < -0.3 is 5.73 Å². The number of nitrogens with two attached hydrogens (primary N) is 1. The highest BCUT2D eigenvalue weighted by atomic mass is 14.8. The van der Waals surface area contributed by atoms with Gasteiger partial charge >= 0.3 is 0 Å². The van der Waals surface area contributed by atoms with Gasteiger partial charge in [-0.1, -0.05) is 6.08 Å². The third-order valence-electron chi connectivity index (χ3n) is 3.10. The van der Waals surface area contributed by atoms with Gasteiger partial charge in [0.05, 0.1) is 0 Å². The van der Waals surface area contributed by atoms with E-state index in [4.69, 9.17) is 5.73 Å². The Morgan fingerprint density at radius 2 is 2.40 bits per heavy atom. The first-order valence-corrected chi connectivity index (χ1v) is 4.15. The number of rotatable bonds is 3. The second-order valence-electron chi connectivity index (χ2n) is 3.86. The monoisotopic (exact) mass is 137 g/mol. The van der Waals surface area contributed by atoms with Crippen molar-refractivity contribution in [2.24, 2.45) is 17.1 Å². The van der Waals surface area contributed by atoms with Crippen LogP contribution in [0.5, 0.6) is 0 Å². The lowest BCUT2D eigenvalue weighted by atomic mass is 10.1. The van der Waals surface area contributed by atoms with Crippen molar-refractivity contribution in [3.8, 4) is 0 Å². The number of hydrogen-bond acceptors (Lipinski definition) is 1. The molecule has 2 atom stereocenters. The van der Waals surface area contributed by atoms with Gasteiger partial charge in [0.2, 0.25) is 0 Å². The Morgan fingerprint density at radius 1 is 1.70 bits per heavy atom. The minimum absolute atomic E-state index is 0.417. The fraction of sp³-hybridized carbons (Fsp3) is 0.778. The van der Waals surface area contributed by atoms with E-state index in [0.717, 1.165) is 17.8 Å². The van der Waals surface area contributed by atoms with Crippen LogP contribution in [0, 0.1) is 11.3 Å². The van der Waals surface area contributed by atoms with Crippen LogP contribution in [0.3, 0.4) is 0 Å². The SMILES string of the molecule is C=CCC(N)C1CC12CC2. The fourth-order valence-corrected chi connectivity index (χ4v) is 2.08. The third-order valence-corrected chi connectivity index (χ3v) is 3.10. The quantitative estimate of drug-likeness (QED) is 0.588. The first-order chi connectivity index (χ1) is 4.78. The summed E-state index contributed by atoms with van der Waals surface area (Å²) in [6.07, 6.45) is 7.25. The average Bonchev–Trinajstić information content (AvgIpc) is 2.76. The van der Waals surface area contributed by atoms with E-state index in [1.165, 1.54) is 19.3 Å². The van der Waals surface area contributed by atoms with Crippen LogP contribution in [0.2, 0.25) is 0 Å². The molecule has 10 heavy (non-hydrogen) atoms. The predicted molar refractivity (Wildman–Crippen MR) is 42.6 cm³/mol. The largest absolute Gasteiger partial charge is 0.327 e. The number of hydrogen-bond donors (Lipinski definition) is 1. The van der Waals surface area contributed by atoms with Crippen LogP contribution in [0.15, 0.2) is 12.7 Å².